The summed E-state index contributed by atoms with van der Waals surface area (Å²) in [4.78, 5) is 26.2. The van der Waals surface area contributed by atoms with E-state index in [0.717, 1.165) is 34.6 Å². The van der Waals surface area contributed by atoms with E-state index in [9.17, 15) is 9.59 Å². The predicted octanol–water partition coefficient (Wildman–Crippen LogP) is 2.24. The summed E-state index contributed by atoms with van der Waals surface area (Å²) in [7, 11) is 3.51. The monoisotopic (exact) mass is 342 g/mol. The van der Waals surface area contributed by atoms with Crippen molar-refractivity contribution in [3.05, 3.63) is 46.8 Å². The number of benzene rings is 1. The van der Waals surface area contributed by atoms with Crippen molar-refractivity contribution in [2.45, 2.75) is 33.6 Å². The van der Waals surface area contributed by atoms with Gasteiger partial charge in [0, 0.05) is 31.0 Å². The van der Waals surface area contributed by atoms with Crippen LogP contribution in [-0.4, -0.2) is 40.1 Å². The molecule has 0 aliphatic rings. The van der Waals surface area contributed by atoms with Crippen LogP contribution in [-0.2, 0) is 29.5 Å². The average molecular weight is 342 g/mol. The first-order valence-electron chi connectivity index (χ1n) is 8.44. The van der Waals surface area contributed by atoms with Gasteiger partial charge in [0.1, 0.15) is 0 Å². The van der Waals surface area contributed by atoms with Gasteiger partial charge in [0.2, 0.25) is 11.8 Å². The molecule has 1 N–H and O–H groups in total. The molecule has 1 heterocycles. The molecule has 134 valence electrons. The highest BCUT2D eigenvalue weighted by molar-refractivity contribution is 5.95. The smallest absolute Gasteiger partial charge is 0.243 e. The van der Waals surface area contributed by atoms with Gasteiger partial charge in [-0.2, -0.15) is 5.10 Å². The van der Waals surface area contributed by atoms with Crippen LogP contribution in [0.1, 0.15) is 29.4 Å². The van der Waals surface area contributed by atoms with Crippen LogP contribution in [0.4, 0.5) is 5.69 Å². The highest BCUT2D eigenvalue weighted by Gasteiger charge is 2.18. The first-order chi connectivity index (χ1) is 11.8. The summed E-state index contributed by atoms with van der Waals surface area (Å²) < 4.78 is 1.77. The molecule has 2 rings (SSSR count). The second-order valence-electron chi connectivity index (χ2n) is 6.26. The van der Waals surface area contributed by atoms with Crippen LogP contribution in [0, 0.1) is 13.8 Å². The summed E-state index contributed by atoms with van der Waals surface area (Å²) in [6.45, 7) is 5.90. The number of likely N-dealkylation sites (N-methyl/N-ethyl adjacent to an activating group) is 1. The van der Waals surface area contributed by atoms with Crippen molar-refractivity contribution >= 4 is 17.5 Å². The molecule has 25 heavy (non-hydrogen) atoms. The van der Waals surface area contributed by atoms with Crippen molar-refractivity contribution in [2.75, 3.05) is 18.9 Å². The number of aromatic nitrogens is 2. The van der Waals surface area contributed by atoms with E-state index >= 15 is 0 Å². The van der Waals surface area contributed by atoms with Crippen LogP contribution >= 0.6 is 0 Å². The van der Waals surface area contributed by atoms with Gasteiger partial charge in [0.05, 0.1) is 18.7 Å². The van der Waals surface area contributed by atoms with E-state index in [0.29, 0.717) is 0 Å². The minimum atomic E-state index is -0.198. The molecular formula is C19H26N4O2. The van der Waals surface area contributed by atoms with Crippen molar-refractivity contribution in [3.8, 4) is 0 Å². The number of hydrogen-bond donors (Lipinski definition) is 1. The quantitative estimate of drug-likeness (QED) is 0.875. The van der Waals surface area contributed by atoms with Crippen molar-refractivity contribution in [1.82, 2.24) is 14.7 Å². The SMILES string of the molecule is CCc1ccccc1NC(=O)CN(C)C(=O)Cc1c(C)nn(C)c1C. The topological polar surface area (TPSA) is 67.2 Å². The van der Waals surface area contributed by atoms with E-state index in [4.69, 9.17) is 0 Å². The Labute approximate surface area is 148 Å². The van der Waals surface area contributed by atoms with E-state index in [1.807, 2.05) is 52.1 Å². The van der Waals surface area contributed by atoms with Crippen molar-refractivity contribution in [1.29, 1.82) is 0 Å². The molecule has 2 amide bonds. The number of rotatable bonds is 6. The molecule has 0 bridgehead atoms. The third-order valence-corrected chi connectivity index (χ3v) is 4.47. The van der Waals surface area contributed by atoms with Crippen LogP contribution in [0.15, 0.2) is 24.3 Å². The molecular weight excluding hydrogens is 316 g/mol. The molecule has 0 saturated carbocycles. The maximum Gasteiger partial charge on any atom is 0.243 e. The number of amides is 2. The second kappa shape index (κ2) is 7.96. The van der Waals surface area contributed by atoms with Crippen molar-refractivity contribution < 1.29 is 9.59 Å². The summed E-state index contributed by atoms with van der Waals surface area (Å²) in [6.07, 6.45) is 1.09. The average Bonchev–Trinajstić information content (AvgIpc) is 2.81. The molecule has 0 aliphatic carbocycles. The van der Waals surface area contributed by atoms with Gasteiger partial charge < -0.3 is 10.2 Å². The molecule has 0 atom stereocenters. The first-order valence-corrected chi connectivity index (χ1v) is 8.44. The van der Waals surface area contributed by atoms with E-state index in [-0.39, 0.29) is 24.8 Å². The molecule has 0 saturated heterocycles. The Balaban J connectivity index is 1.97. The van der Waals surface area contributed by atoms with E-state index < -0.39 is 0 Å². The van der Waals surface area contributed by atoms with E-state index in [1.54, 1.807) is 11.7 Å². The summed E-state index contributed by atoms with van der Waals surface area (Å²) >= 11 is 0. The zero-order chi connectivity index (χ0) is 18.6. The van der Waals surface area contributed by atoms with Crippen LogP contribution in [0.5, 0.6) is 0 Å². The number of anilines is 1. The number of carbonyl (C=O) groups excluding carboxylic acids is 2. The Kier molecular flexibility index (Phi) is 5.96. The Hall–Kier alpha value is -2.63. The van der Waals surface area contributed by atoms with Crippen LogP contribution in [0.3, 0.4) is 0 Å². The molecule has 0 unspecified atom stereocenters. The minimum Gasteiger partial charge on any atom is -0.336 e. The fourth-order valence-electron chi connectivity index (χ4n) is 2.80. The highest BCUT2D eigenvalue weighted by atomic mass is 16.2. The number of nitrogens with one attached hydrogen (secondary N) is 1. The van der Waals surface area contributed by atoms with Crippen LogP contribution < -0.4 is 5.32 Å². The molecule has 0 aliphatic heterocycles. The normalized spacial score (nSPS) is 10.6. The van der Waals surface area contributed by atoms with Gasteiger partial charge in [-0.15, -0.1) is 0 Å². The Morgan fingerprint density at radius 1 is 1.24 bits per heavy atom. The molecule has 1 aromatic carbocycles. The lowest BCUT2D eigenvalue weighted by Gasteiger charge is -2.18. The zero-order valence-electron chi connectivity index (χ0n) is 15.6. The van der Waals surface area contributed by atoms with Gasteiger partial charge in [-0.3, -0.25) is 14.3 Å². The standard InChI is InChI=1S/C19H26N4O2/c1-6-15-9-7-8-10-17(15)20-18(24)12-22(4)19(25)11-16-13(2)21-23(5)14(16)3/h7-10H,6,11-12H2,1-5H3,(H,20,24). The third kappa shape index (κ3) is 4.47. The highest BCUT2D eigenvalue weighted by Crippen LogP contribution is 2.16. The largest absolute Gasteiger partial charge is 0.336 e. The maximum absolute atomic E-state index is 12.4. The number of para-hydroxylation sites is 1. The second-order valence-corrected chi connectivity index (χ2v) is 6.26. The Morgan fingerprint density at radius 2 is 1.92 bits per heavy atom. The zero-order valence-corrected chi connectivity index (χ0v) is 15.6. The predicted molar refractivity (Wildman–Crippen MR) is 98.5 cm³/mol. The summed E-state index contributed by atoms with van der Waals surface area (Å²) in [5, 5.41) is 7.21. The van der Waals surface area contributed by atoms with Gasteiger partial charge in [-0.1, -0.05) is 25.1 Å². The van der Waals surface area contributed by atoms with Gasteiger partial charge in [-0.05, 0) is 31.9 Å². The number of nitrogens with zero attached hydrogens (tertiary/aromatic N) is 3. The lowest BCUT2D eigenvalue weighted by molar-refractivity contribution is -0.132. The third-order valence-electron chi connectivity index (χ3n) is 4.47. The molecule has 0 fully saturated rings. The van der Waals surface area contributed by atoms with Crippen molar-refractivity contribution in [2.24, 2.45) is 7.05 Å². The van der Waals surface area contributed by atoms with Gasteiger partial charge in [-0.25, -0.2) is 0 Å². The van der Waals surface area contributed by atoms with Crippen LogP contribution in [0.25, 0.3) is 0 Å². The number of aryl methyl sites for hydroxylation is 3. The summed E-state index contributed by atoms with van der Waals surface area (Å²) in [6, 6.07) is 7.69. The lowest BCUT2D eigenvalue weighted by Crippen LogP contribution is -2.36. The van der Waals surface area contributed by atoms with E-state index in [2.05, 4.69) is 10.4 Å². The minimum absolute atomic E-state index is 0.0231. The summed E-state index contributed by atoms with van der Waals surface area (Å²) in [5.41, 5.74) is 4.63. The van der Waals surface area contributed by atoms with Crippen LogP contribution in [0.2, 0.25) is 0 Å². The molecule has 0 spiro atoms. The molecule has 2 aromatic rings. The first kappa shape index (κ1) is 18.7. The fraction of sp³-hybridized carbons (Fsp3) is 0.421. The molecule has 6 heteroatoms. The van der Waals surface area contributed by atoms with Crippen molar-refractivity contribution in [3.63, 3.8) is 0 Å². The van der Waals surface area contributed by atoms with Gasteiger partial charge in [0.25, 0.3) is 0 Å². The molecule has 0 radical (unpaired) electrons. The maximum atomic E-state index is 12.4. The Bertz CT molecular complexity index is 780. The Morgan fingerprint density at radius 3 is 2.52 bits per heavy atom. The molecule has 6 nitrogen and oxygen atoms in total. The lowest BCUT2D eigenvalue weighted by atomic mass is 10.1. The number of hydrogen-bond acceptors (Lipinski definition) is 3. The van der Waals surface area contributed by atoms with E-state index in [1.165, 1.54) is 4.90 Å². The summed E-state index contributed by atoms with van der Waals surface area (Å²) in [5.74, 6) is -0.297. The number of carbonyl (C=O) groups is 2. The fourth-order valence-corrected chi connectivity index (χ4v) is 2.80. The van der Waals surface area contributed by atoms with Gasteiger partial charge in [0.15, 0.2) is 0 Å². The molecule has 1 aromatic heterocycles. The van der Waals surface area contributed by atoms with Gasteiger partial charge >= 0.3 is 0 Å².